The van der Waals surface area contributed by atoms with Crippen molar-refractivity contribution < 1.29 is 5.11 Å². The fraction of sp³-hybridized carbons (Fsp3) is 0.700. The Hall–Kier alpha value is -0.390. The van der Waals surface area contributed by atoms with Gasteiger partial charge in [0, 0.05) is 26.7 Å². The normalized spacial score (nSPS) is 18.1. The fourth-order valence-electron chi connectivity index (χ4n) is 1.88. The first-order valence-corrected chi connectivity index (χ1v) is 6.01. The van der Waals surface area contributed by atoms with Crippen molar-refractivity contribution in [1.82, 2.24) is 14.7 Å². The monoisotopic (exact) mass is 273 g/mol. The van der Waals surface area contributed by atoms with Crippen LogP contribution in [0.1, 0.15) is 18.3 Å². The lowest BCUT2D eigenvalue weighted by atomic mass is 10.1. The number of aromatic nitrogens is 2. The van der Waals surface area contributed by atoms with Gasteiger partial charge in [-0.15, -0.1) is 0 Å². The maximum Gasteiger partial charge on any atom is 0.0794 e. The number of hydrogen-bond acceptors (Lipinski definition) is 3. The van der Waals surface area contributed by atoms with Gasteiger partial charge in [0.2, 0.25) is 0 Å². The highest BCUT2D eigenvalue weighted by Crippen LogP contribution is 2.24. The van der Waals surface area contributed by atoms with Gasteiger partial charge in [-0.2, -0.15) is 5.10 Å². The molecule has 0 radical (unpaired) electrons. The molecule has 1 N–H and O–H groups in total. The van der Waals surface area contributed by atoms with E-state index in [1.165, 1.54) is 5.69 Å². The molecule has 1 fully saturated rings. The van der Waals surface area contributed by atoms with Gasteiger partial charge in [-0.25, -0.2) is 0 Å². The molecule has 1 aliphatic heterocycles. The van der Waals surface area contributed by atoms with Crippen LogP contribution in [0.25, 0.3) is 0 Å². The van der Waals surface area contributed by atoms with Crippen LogP contribution in [0.5, 0.6) is 0 Å². The zero-order valence-corrected chi connectivity index (χ0v) is 10.7. The van der Waals surface area contributed by atoms with Crippen molar-refractivity contribution in [2.45, 2.75) is 26.0 Å². The number of aliphatic hydroxyl groups excluding tert-OH is 1. The predicted molar refractivity (Wildman–Crippen MR) is 61.6 cm³/mol. The second-order valence-corrected chi connectivity index (χ2v) is 4.83. The van der Waals surface area contributed by atoms with Crippen molar-refractivity contribution in [2.75, 3.05) is 13.1 Å². The van der Waals surface area contributed by atoms with Gasteiger partial charge in [0.25, 0.3) is 0 Å². The summed E-state index contributed by atoms with van der Waals surface area (Å²) in [6.45, 7) is 4.52. The molecule has 2 heterocycles. The molecule has 84 valence electrons. The molecule has 0 saturated carbocycles. The summed E-state index contributed by atoms with van der Waals surface area (Å²) < 4.78 is 3.04. The first kappa shape index (κ1) is 11.1. The van der Waals surface area contributed by atoms with E-state index in [0.717, 1.165) is 36.2 Å². The molecule has 0 amide bonds. The number of β-amino-alcohol motifs (C(OH)–C–C–N with tert-alkyl or cyclic N) is 1. The van der Waals surface area contributed by atoms with Crippen molar-refractivity contribution in [3.05, 3.63) is 15.9 Å². The molecule has 0 aromatic carbocycles. The lowest BCUT2D eigenvalue weighted by molar-refractivity contribution is -0.00425. The van der Waals surface area contributed by atoms with Crippen LogP contribution in [-0.4, -0.2) is 39.0 Å². The van der Waals surface area contributed by atoms with Crippen LogP contribution in [0.15, 0.2) is 4.47 Å². The first-order valence-electron chi connectivity index (χ1n) is 5.22. The summed E-state index contributed by atoms with van der Waals surface area (Å²) in [6.07, 6.45) is 0.805. The van der Waals surface area contributed by atoms with Crippen molar-refractivity contribution in [2.24, 2.45) is 7.05 Å². The van der Waals surface area contributed by atoms with Crippen LogP contribution >= 0.6 is 15.9 Å². The molecule has 1 aliphatic rings. The summed E-state index contributed by atoms with van der Waals surface area (Å²) in [4.78, 5) is 2.21. The summed E-state index contributed by atoms with van der Waals surface area (Å²) in [5.41, 5.74) is 2.30. The van der Waals surface area contributed by atoms with Crippen molar-refractivity contribution in [3.63, 3.8) is 0 Å². The van der Waals surface area contributed by atoms with E-state index in [1.54, 1.807) is 0 Å². The molecule has 1 saturated heterocycles. The van der Waals surface area contributed by atoms with E-state index in [2.05, 4.69) is 32.9 Å². The Kier molecular flexibility index (Phi) is 3.13. The number of aliphatic hydroxyl groups is 1. The van der Waals surface area contributed by atoms with Crippen LogP contribution in [-0.2, 0) is 20.0 Å². The van der Waals surface area contributed by atoms with Crippen molar-refractivity contribution in [3.8, 4) is 0 Å². The number of halogens is 1. The maximum absolute atomic E-state index is 9.21. The second kappa shape index (κ2) is 4.23. The van der Waals surface area contributed by atoms with E-state index >= 15 is 0 Å². The van der Waals surface area contributed by atoms with Gasteiger partial charge >= 0.3 is 0 Å². The SMILES string of the molecule is CCc1nn(C)c(CN2CC(O)C2)c1Br. The molecule has 0 aliphatic carbocycles. The summed E-state index contributed by atoms with van der Waals surface area (Å²) in [7, 11) is 1.97. The zero-order chi connectivity index (χ0) is 11.0. The second-order valence-electron chi connectivity index (χ2n) is 4.03. The topological polar surface area (TPSA) is 41.3 Å². The minimum absolute atomic E-state index is 0.136. The van der Waals surface area contributed by atoms with Crippen molar-refractivity contribution in [1.29, 1.82) is 0 Å². The predicted octanol–water partition coefficient (Wildman–Crippen LogP) is 0.922. The molecule has 0 bridgehead atoms. The fourth-order valence-corrected chi connectivity index (χ4v) is 2.62. The Bertz CT molecular complexity index is 358. The Labute approximate surface area is 98.0 Å². The van der Waals surface area contributed by atoms with Crippen LogP contribution in [0, 0.1) is 0 Å². The van der Waals surface area contributed by atoms with Gasteiger partial charge in [-0.05, 0) is 22.4 Å². The molecule has 4 nitrogen and oxygen atoms in total. The summed E-state index contributed by atoms with van der Waals surface area (Å²) >= 11 is 3.59. The highest BCUT2D eigenvalue weighted by molar-refractivity contribution is 9.10. The number of likely N-dealkylation sites (tertiary alicyclic amines) is 1. The standard InChI is InChI=1S/C10H16BrN3O/c1-3-8-10(11)9(13(2)12-8)6-14-4-7(15)5-14/h7,15H,3-6H2,1-2H3. The smallest absolute Gasteiger partial charge is 0.0794 e. The largest absolute Gasteiger partial charge is 0.390 e. The Balaban J connectivity index is 2.10. The highest BCUT2D eigenvalue weighted by Gasteiger charge is 2.26. The van der Waals surface area contributed by atoms with E-state index in [4.69, 9.17) is 0 Å². The Morgan fingerprint density at radius 2 is 2.20 bits per heavy atom. The molecule has 1 aromatic rings. The third-order valence-corrected chi connectivity index (χ3v) is 3.73. The number of hydrogen-bond donors (Lipinski definition) is 1. The van der Waals surface area contributed by atoms with E-state index in [1.807, 2.05) is 11.7 Å². The third-order valence-electron chi connectivity index (χ3n) is 2.81. The van der Waals surface area contributed by atoms with E-state index in [9.17, 15) is 5.11 Å². The average molecular weight is 274 g/mol. The third kappa shape index (κ3) is 2.09. The molecule has 0 atom stereocenters. The Morgan fingerprint density at radius 3 is 2.67 bits per heavy atom. The molecule has 0 spiro atoms. The Morgan fingerprint density at radius 1 is 1.53 bits per heavy atom. The molecule has 1 aromatic heterocycles. The highest BCUT2D eigenvalue weighted by atomic mass is 79.9. The lowest BCUT2D eigenvalue weighted by Crippen LogP contribution is -2.50. The number of rotatable bonds is 3. The maximum atomic E-state index is 9.21. The minimum Gasteiger partial charge on any atom is -0.390 e. The minimum atomic E-state index is -0.136. The molecule has 0 unspecified atom stereocenters. The number of aryl methyl sites for hydroxylation is 2. The zero-order valence-electron chi connectivity index (χ0n) is 9.07. The molecule has 15 heavy (non-hydrogen) atoms. The van der Waals surface area contributed by atoms with Gasteiger partial charge in [0.05, 0.1) is 22.0 Å². The van der Waals surface area contributed by atoms with E-state index in [0.29, 0.717) is 0 Å². The van der Waals surface area contributed by atoms with Gasteiger partial charge in [-0.1, -0.05) is 6.92 Å². The van der Waals surface area contributed by atoms with Crippen molar-refractivity contribution >= 4 is 15.9 Å². The summed E-state index contributed by atoms with van der Waals surface area (Å²) in [5.74, 6) is 0. The van der Waals surface area contributed by atoms with Crippen LogP contribution < -0.4 is 0 Å². The molecular formula is C10H16BrN3O. The number of nitrogens with zero attached hydrogens (tertiary/aromatic N) is 3. The molecule has 5 heteroatoms. The lowest BCUT2D eigenvalue weighted by Gasteiger charge is -2.35. The summed E-state index contributed by atoms with van der Waals surface area (Å²) in [6, 6.07) is 0. The van der Waals surface area contributed by atoms with E-state index < -0.39 is 0 Å². The van der Waals surface area contributed by atoms with Crippen LogP contribution in [0.3, 0.4) is 0 Å². The van der Waals surface area contributed by atoms with E-state index in [-0.39, 0.29) is 6.10 Å². The van der Waals surface area contributed by atoms with Gasteiger partial charge < -0.3 is 5.11 Å². The molecule has 2 rings (SSSR count). The van der Waals surface area contributed by atoms with Gasteiger partial charge in [0.1, 0.15) is 0 Å². The first-order chi connectivity index (χ1) is 7.11. The van der Waals surface area contributed by atoms with Gasteiger partial charge in [-0.3, -0.25) is 9.58 Å². The molecular weight excluding hydrogens is 258 g/mol. The van der Waals surface area contributed by atoms with Crippen LogP contribution in [0.4, 0.5) is 0 Å². The van der Waals surface area contributed by atoms with Gasteiger partial charge in [0.15, 0.2) is 0 Å². The van der Waals surface area contributed by atoms with Crippen LogP contribution in [0.2, 0.25) is 0 Å². The summed E-state index contributed by atoms with van der Waals surface area (Å²) in [5, 5.41) is 13.7. The quantitative estimate of drug-likeness (QED) is 0.891. The average Bonchev–Trinajstić information content (AvgIpc) is 2.42.